The highest BCUT2D eigenvalue weighted by molar-refractivity contribution is 5.93. The Balaban J connectivity index is 1.69. The van der Waals surface area contributed by atoms with E-state index in [9.17, 15) is 14.4 Å². The van der Waals surface area contributed by atoms with Gasteiger partial charge in [0.1, 0.15) is 11.9 Å². The van der Waals surface area contributed by atoms with Gasteiger partial charge in [0, 0.05) is 36.3 Å². The quantitative estimate of drug-likeness (QED) is 0.490. The predicted octanol–water partition coefficient (Wildman–Crippen LogP) is 5.23. The third-order valence-corrected chi connectivity index (χ3v) is 11.7. The highest BCUT2D eigenvalue weighted by Crippen LogP contribution is 2.68. The number of ether oxygens (including phenoxy) is 2. The molecular formula is C31H50N2O5. The van der Waals surface area contributed by atoms with Crippen molar-refractivity contribution in [2.45, 2.75) is 91.8 Å². The first kappa shape index (κ1) is 29.3. The van der Waals surface area contributed by atoms with Crippen molar-refractivity contribution in [3.05, 3.63) is 12.7 Å². The molecule has 214 valence electrons. The van der Waals surface area contributed by atoms with Crippen molar-refractivity contribution >= 4 is 17.8 Å². The number of likely N-dealkylation sites (tertiary alicyclic amines) is 1. The molecule has 1 N–H and O–H groups in total. The summed E-state index contributed by atoms with van der Waals surface area (Å²) >= 11 is 0. The predicted molar refractivity (Wildman–Crippen MR) is 147 cm³/mol. The zero-order valence-electron chi connectivity index (χ0n) is 24.7. The molecule has 0 aromatic carbocycles. The summed E-state index contributed by atoms with van der Waals surface area (Å²) in [5.74, 6) is 0.169. The Morgan fingerprint density at radius 1 is 1.16 bits per heavy atom. The Kier molecular flexibility index (Phi) is 8.22. The number of Topliss-reactive ketones (excluding diaryl/α,β-unsaturated/α-hetero) is 1. The minimum absolute atomic E-state index is 0.0104. The van der Waals surface area contributed by atoms with Gasteiger partial charge in [-0.2, -0.15) is 0 Å². The molecule has 38 heavy (non-hydrogen) atoms. The SMILES string of the molecule is C=CC[C@]1(C)C[C@@H](OC(=O)NC(=O)[C@H]2CN(C)CC[C@@H]2C)[C@@]2(C)C3C(OC)CCC3(CC[C@H]2C)[C@@H](C)C1=O. The van der Waals surface area contributed by atoms with Crippen LogP contribution in [-0.2, 0) is 19.1 Å². The molecule has 4 rings (SSSR count). The molecule has 7 heteroatoms. The van der Waals surface area contributed by atoms with Crippen molar-refractivity contribution < 1.29 is 23.9 Å². The van der Waals surface area contributed by atoms with E-state index in [1.165, 1.54) is 0 Å². The normalized spacial score (nSPS) is 45.4. The molecule has 4 fully saturated rings. The molecule has 10 atom stereocenters. The highest BCUT2D eigenvalue weighted by Gasteiger charge is 2.68. The van der Waals surface area contributed by atoms with E-state index in [4.69, 9.17) is 9.47 Å². The molecule has 1 aliphatic heterocycles. The minimum Gasteiger partial charge on any atom is -0.445 e. The van der Waals surface area contributed by atoms with Gasteiger partial charge in [-0.25, -0.2) is 4.79 Å². The highest BCUT2D eigenvalue weighted by atomic mass is 16.6. The number of carbonyl (C=O) groups is 3. The molecule has 2 amide bonds. The van der Waals surface area contributed by atoms with Crippen LogP contribution >= 0.6 is 0 Å². The third-order valence-electron chi connectivity index (χ3n) is 11.7. The van der Waals surface area contributed by atoms with Crippen molar-refractivity contribution in [1.82, 2.24) is 10.2 Å². The van der Waals surface area contributed by atoms with Gasteiger partial charge in [0.25, 0.3) is 0 Å². The van der Waals surface area contributed by atoms with E-state index in [0.717, 1.165) is 38.6 Å². The van der Waals surface area contributed by atoms with Gasteiger partial charge in [-0.3, -0.25) is 14.9 Å². The van der Waals surface area contributed by atoms with Gasteiger partial charge < -0.3 is 14.4 Å². The lowest BCUT2D eigenvalue weighted by atomic mass is 9.43. The number of nitrogens with zero attached hydrogens (tertiary/aromatic N) is 1. The molecule has 7 nitrogen and oxygen atoms in total. The van der Waals surface area contributed by atoms with Crippen LogP contribution in [0.3, 0.4) is 0 Å². The maximum absolute atomic E-state index is 14.2. The molecule has 3 saturated carbocycles. The minimum atomic E-state index is -0.696. The Bertz CT molecular complexity index is 953. The summed E-state index contributed by atoms with van der Waals surface area (Å²) in [5.41, 5.74) is -1.28. The Hall–Kier alpha value is -1.73. The second-order valence-electron chi connectivity index (χ2n) is 13.7. The number of piperidine rings is 1. The first-order chi connectivity index (χ1) is 17.8. The summed E-state index contributed by atoms with van der Waals surface area (Å²) in [7, 11) is 3.77. The van der Waals surface area contributed by atoms with E-state index in [0.29, 0.717) is 19.4 Å². The van der Waals surface area contributed by atoms with Crippen LogP contribution in [0.4, 0.5) is 4.79 Å². The van der Waals surface area contributed by atoms with E-state index in [2.05, 4.69) is 44.5 Å². The number of carbonyl (C=O) groups excluding carboxylic acids is 3. The number of methoxy groups -OCH3 is 1. The van der Waals surface area contributed by atoms with Gasteiger partial charge in [0.05, 0.1) is 12.0 Å². The molecule has 3 aliphatic carbocycles. The first-order valence-electron chi connectivity index (χ1n) is 14.7. The standard InChI is InChI=1S/C31H50N2O5/c1-9-13-29(5)17-24(38-28(36)32-27(35)22-18-33(7)16-12-19(22)2)30(6)20(3)10-14-31(21(4)26(29)34)15-11-23(37-8)25(30)31/h9,19-25H,1,10-18H2,2-8H3,(H,32,35,36)/t19-,20+,21-,22-,23?,24+,25?,29+,30-,31?/m0/s1. The maximum atomic E-state index is 14.2. The summed E-state index contributed by atoms with van der Waals surface area (Å²) < 4.78 is 12.4. The number of hydrogen-bond acceptors (Lipinski definition) is 6. The fourth-order valence-corrected chi connectivity index (χ4v) is 9.09. The van der Waals surface area contributed by atoms with E-state index in [1.54, 1.807) is 7.11 Å². The van der Waals surface area contributed by atoms with Crippen LogP contribution < -0.4 is 5.32 Å². The van der Waals surface area contributed by atoms with Crippen LogP contribution in [0.15, 0.2) is 12.7 Å². The van der Waals surface area contributed by atoms with Crippen LogP contribution in [-0.4, -0.2) is 62.1 Å². The maximum Gasteiger partial charge on any atom is 0.414 e. The van der Waals surface area contributed by atoms with Gasteiger partial charge in [-0.1, -0.05) is 40.7 Å². The van der Waals surface area contributed by atoms with Crippen LogP contribution in [0.1, 0.15) is 79.6 Å². The second-order valence-corrected chi connectivity index (χ2v) is 13.7. The number of ketones is 1. The molecule has 2 bridgehead atoms. The number of nitrogens with one attached hydrogen (secondary N) is 1. The number of imide groups is 1. The zero-order chi connectivity index (χ0) is 28.0. The van der Waals surface area contributed by atoms with Crippen LogP contribution in [0.25, 0.3) is 0 Å². The summed E-state index contributed by atoms with van der Waals surface area (Å²) in [5, 5.41) is 2.59. The molecule has 0 spiro atoms. The third kappa shape index (κ3) is 4.66. The molecular weight excluding hydrogens is 480 g/mol. The largest absolute Gasteiger partial charge is 0.445 e. The Morgan fingerprint density at radius 3 is 2.50 bits per heavy atom. The Labute approximate surface area is 229 Å². The number of allylic oxidation sites excluding steroid dienone is 1. The number of hydrogen-bond donors (Lipinski definition) is 1. The van der Waals surface area contributed by atoms with Crippen LogP contribution in [0.2, 0.25) is 0 Å². The molecule has 0 radical (unpaired) electrons. The van der Waals surface area contributed by atoms with Gasteiger partial charge in [0.2, 0.25) is 5.91 Å². The molecule has 0 aromatic rings. The summed E-state index contributed by atoms with van der Waals surface area (Å²) in [6.07, 6.45) is 6.28. The summed E-state index contributed by atoms with van der Waals surface area (Å²) in [6.45, 7) is 16.2. The first-order valence-corrected chi connectivity index (χ1v) is 14.7. The fourth-order valence-electron chi connectivity index (χ4n) is 9.09. The van der Waals surface area contributed by atoms with E-state index < -0.39 is 23.0 Å². The van der Waals surface area contributed by atoms with Crippen molar-refractivity contribution in [2.24, 2.45) is 45.8 Å². The van der Waals surface area contributed by atoms with Gasteiger partial charge in [-0.05, 0) is 75.8 Å². The van der Waals surface area contributed by atoms with E-state index in [-0.39, 0.29) is 52.8 Å². The molecule has 1 heterocycles. The van der Waals surface area contributed by atoms with E-state index >= 15 is 0 Å². The van der Waals surface area contributed by atoms with E-state index in [1.807, 2.05) is 20.0 Å². The number of amides is 2. The summed E-state index contributed by atoms with van der Waals surface area (Å²) in [6, 6.07) is 0. The molecule has 0 aromatic heterocycles. The van der Waals surface area contributed by atoms with Crippen LogP contribution in [0, 0.1) is 45.8 Å². The summed E-state index contributed by atoms with van der Waals surface area (Å²) in [4.78, 5) is 42.9. The molecule has 4 aliphatic rings. The van der Waals surface area contributed by atoms with Crippen molar-refractivity contribution in [3.8, 4) is 0 Å². The monoisotopic (exact) mass is 530 g/mol. The van der Waals surface area contributed by atoms with Crippen molar-refractivity contribution in [1.29, 1.82) is 0 Å². The average Bonchev–Trinajstić information content (AvgIpc) is 3.27. The fraction of sp³-hybridized carbons (Fsp3) is 0.839. The van der Waals surface area contributed by atoms with Gasteiger partial charge in [-0.15, -0.1) is 6.58 Å². The van der Waals surface area contributed by atoms with Crippen LogP contribution in [0.5, 0.6) is 0 Å². The van der Waals surface area contributed by atoms with Crippen molar-refractivity contribution in [2.75, 3.05) is 27.2 Å². The second kappa shape index (κ2) is 10.7. The lowest BCUT2D eigenvalue weighted by Crippen LogP contribution is -2.63. The lowest BCUT2D eigenvalue weighted by molar-refractivity contribution is -0.191. The lowest BCUT2D eigenvalue weighted by Gasteiger charge is -2.61. The Morgan fingerprint density at radius 2 is 1.84 bits per heavy atom. The van der Waals surface area contributed by atoms with Gasteiger partial charge >= 0.3 is 6.09 Å². The number of alkyl carbamates (subject to hydrolysis) is 1. The smallest absolute Gasteiger partial charge is 0.414 e. The van der Waals surface area contributed by atoms with Gasteiger partial charge in [0.15, 0.2) is 0 Å². The topological polar surface area (TPSA) is 84.9 Å². The molecule has 1 saturated heterocycles. The average molecular weight is 531 g/mol. The zero-order valence-corrected chi connectivity index (χ0v) is 24.7. The molecule has 3 unspecified atom stereocenters. The van der Waals surface area contributed by atoms with Crippen molar-refractivity contribution in [3.63, 3.8) is 0 Å². The number of rotatable bonds is 5.